The van der Waals surface area contributed by atoms with Crippen LogP contribution < -0.4 is 0 Å². The zero-order chi connectivity index (χ0) is 13.7. The molecule has 0 unspecified atom stereocenters. The van der Waals surface area contributed by atoms with Crippen LogP contribution >= 0.6 is 0 Å². The number of nitrogens with zero attached hydrogens (tertiary/aromatic N) is 2. The molecule has 18 heavy (non-hydrogen) atoms. The Labute approximate surface area is 104 Å². The molecule has 3 nitrogen and oxygen atoms in total. The molecule has 0 aromatic heterocycles. The van der Waals surface area contributed by atoms with E-state index in [-0.39, 0.29) is 24.2 Å². The largest absolute Gasteiger partial charge is 0.314 e. The van der Waals surface area contributed by atoms with Crippen LogP contribution in [-0.4, -0.2) is 23.9 Å². The van der Waals surface area contributed by atoms with Gasteiger partial charge in [-0.15, -0.1) is 6.42 Å². The molecule has 0 saturated carbocycles. The van der Waals surface area contributed by atoms with Gasteiger partial charge in [0.2, 0.25) is 0 Å². The Morgan fingerprint density at radius 3 is 2.61 bits per heavy atom. The first-order valence-electron chi connectivity index (χ1n) is 5.06. The van der Waals surface area contributed by atoms with Crippen molar-refractivity contribution < 1.29 is 13.6 Å². The molecule has 0 aliphatic heterocycles. The van der Waals surface area contributed by atoms with Gasteiger partial charge in [-0.1, -0.05) is 5.92 Å². The number of rotatable bonds is 3. The number of carbonyl (C=O) groups excluding carboxylic acids is 1. The summed E-state index contributed by atoms with van der Waals surface area (Å²) in [5.41, 5.74) is -0.142. The maximum atomic E-state index is 13.5. The number of carbonyl (C=O) groups is 1. The van der Waals surface area contributed by atoms with Gasteiger partial charge in [0, 0.05) is 6.07 Å². The van der Waals surface area contributed by atoms with E-state index in [0.29, 0.717) is 6.07 Å². The van der Waals surface area contributed by atoms with Gasteiger partial charge in [-0.2, -0.15) is 5.26 Å². The fourth-order valence-electron chi connectivity index (χ4n) is 1.39. The number of halogens is 2. The van der Waals surface area contributed by atoms with Crippen molar-refractivity contribution in [3.05, 3.63) is 34.9 Å². The maximum Gasteiger partial charge on any atom is 0.258 e. The predicted octanol–water partition coefficient (Wildman–Crippen LogP) is 1.87. The Balaban J connectivity index is 3.14. The number of hydrogen-bond donors (Lipinski definition) is 0. The third kappa shape index (κ3) is 2.83. The van der Waals surface area contributed by atoms with Crippen LogP contribution in [0.2, 0.25) is 0 Å². The summed E-state index contributed by atoms with van der Waals surface area (Å²) in [4.78, 5) is 12.9. The van der Waals surface area contributed by atoms with Crippen molar-refractivity contribution in [2.75, 3.05) is 13.1 Å². The van der Waals surface area contributed by atoms with Crippen molar-refractivity contribution in [3.63, 3.8) is 0 Å². The first-order valence-corrected chi connectivity index (χ1v) is 5.06. The molecular weight excluding hydrogens is 238 g/mol. The first kappa shape index (κ1) is 13.7. The van der Waals surface area contributed by atoms with E-state index in [1.165, 1.54) is 6.92 Å². The van der Waals surface area contributed by atoms with E-state index in [1.807, 2.05) is 0 Å². The minimum atomic E-state index is -0.969. The molecule has 0 atom stereocenters. The SMILES string of the molecule is C#CCN(CC#N)C(=O)c1cc(C)c(F)cc1F. The van der Waals surface area contributed by atoms with E-state index >= 15 is 0 Å². The van der Waals surface area contributed by atoms with Gasteiger partial charge in [-0.05, 0) is 18.6 Å². The predicted molar refractivity (Wildman–Crippen MR) is 61.4 cm³/mol. The van der Waals surface area contributed by atoms with Gasteiger partial charge in [-0.25, -0.2) is 8.78 Å². The second-order valence-electron chi connectivity index (χ2n) is 3.60. The summed E-state index contributed by atoms with van der Waals surface area (Å²) in [6.45, 7) is 1.06. The Hall–Kier alpha value is -2.40. The second kappa shape index (κ2) is 5.79. The summed E-state index contributed by atoms with van der Waals surface area (Å²) >= 11 is 0. The highest BCUT2D eigenvalue weighted by molar-refractivity contribution is 5.95. The second-order valence-corrected chi connectivity index (χ2v) is 3.60. The van der Waals surface area contributed by atoms with Crippen molar-refractivity contribution in [3.8, 4) is 18.4 Å². The first-order chi connectivity index (χ1) is 8.51. The van der Waals surface area contributed by atoms with E-state index in [2.05, 4.69) is 5.92 Å². The molecule has 1 aromatic carbocycles. The lowest BCUT2D eigenvalue weighted by Crippen LogP contribution is -2.32. The molecule has 1 rings (SSSR count). The molecule has 0 aliphatic carbocycles. The maximum absolute atomic E-state index is 13.5. The van der Waals surface area contributed by atoms with Crippen molar-refractivity contribution in [1.29, 1.82) is 5.26 Å². The Bertz CT molecular complexity index is 539. The van der Waals surface area contributed by atoms with Gasteiger partial charge in [0.1, 0.15) is 18.2 Å². The average molecular weight is 248 g/mol. The molecule has 0 heterocycles. The lowest BCUT2D eigenvalue weighted by atomic mass is 10.1. The van der Waals surface area contributed by atoms with Crippen molar-refractivity contribution in [1.82, 2.24) is 4.90 Å². The van der Waals surface area contributed by atoms with Crippen LogP contribution in [0, 0.1) is 42.2 Å². The van der Waals surface area contributed by atoms with E-state index in [1.54, 1.807) is 6.07 Å². The molecule has 0 N–H and O–H groups in total. The molecule has 0 bridgehead atoms. The average Bonchev–Trinajstić information content (AvgIpc) is 2.33. The standard InChI is InChI=1S/C13H10F2N2O/c1-3-5-17(6-4-16)13(18)10-7-9(2)11(14)8-12(10)15/h1,7-8H,5-6H2,2H3. The number of amides is 1. The summed E-state index contributed by atoms with van der Waals surface area (Å²) in [7, 11) is 0. The monoisotopic (exact) mass is 248 g/mol. The summed E-state index contributed by atoms with van der Waals surface area (Å²) in [5, 5.41) is 8.56. The fraction of sp³-hybridized carbons (Fsp3) is 0.231. The molecule has 0 radical (unpaired) electrons. The third-order valence-corrected chi connectivity index (χ3v) is 2.31. The molecule has 0 spiro atoms. The smallest absolute Gasteiger partial charge is 0.258 e. The van der Waals surface area contributed by atoms with Crippen LogP contribution in [0.15, 0.2) is 12.1 Å². The van der Waals surface area contributed by atoms with Crippen LogP contribution in [-0.2, 0) is 0 Å². The topological polar surface area (TPSA) is 44.1 Å². The molecule has 0 fully saturated rings. The van der Waals surface area contributed by atoms with Gasteiger partial charge in [0.05, 0.1) is 18.2 Å². The molecule has 1 aromatic rings. The lowest BCUT2D eigenvalue weighted by molar-refractivity contribution is 0.0790. The number of aryl methyl sites for hydroxylation is 1. The molecule has 0 saturated heterocycles. The van der Waals surface area contributed by atoms with E-state index in [0.717, 1.165) is 11.0 Å². The number of terminal acetylenes is 1. The quantitative estimate of drug-likeness (QED) is 0.605. The van der Waals surface area contributed by atoms with Crippen LogP contribution in [0.4, 0.5) is 8.78 Å². The highest BCUT2D eigenvalue weighted by Gasteiger charge is 2.19. The molecule has 0 aliphatic rings. The zero-order valence-corrected chi connectivity index (χ0v) is 9.70. The van der Waals surface area contributed by atoms with E-state index in [4.69, 9.17) is 11.7 Å². The van der Waals surface area contributed by atoms with Crippen molar-refractivity contribution in [2.45, 2.75) is 6.92 Å². The molecule has 1 amide bonds. The number of hydrogen-bond acceptors (Lipinski definition) is 2. The Morgan fingerprint density at radius 2 is 2.06 bits per heavy atom. The number of benzene rings is 1. The minimum Gasteiger partial charge on any atom is -0.314 e. The number of nitriles is 1. The van der Waals surface area contributed by atoms with Crippen molar-refractivity contribution >= 4 is 5.91 Å². The van der Waals surface area contributed by atoms with Gasteiger partial charge in [0.15, 0.2) is 0 Å². The molecular formula is C13H10F2N2O. The van der Waals surface area contributed by atoms with E-state index < -0.39 is 17.5 Å². The molecule has 5 heteroatoms. The van der Waals surface area contributed by atoms with Crippen molar-refractivity contribution in [2.24, 2.45) is 0 Å². The van der Waals surface area contributed by atoms with Gasteiger partial charge < -0.3 is 4.90 Å². The summed E-state index contributed by atoms with van der Waals surface area (Å²) < 4.78 is 26.6. The normalized spacial score (nSPS) is 9.39. The van der Waals surface area contributed by atoms with E-state index in [9.17, 15) is 13.6 Å². The van der Waals surface area contributed by atoms with Gasteiger partial charge >= 0.3 is 0 Å². The molecule has 92 valence electrons. The minimum absolute atomic E-state index is 0.109. The van der Waals surface area contributed by atoms with Gasteiger partial charge in [0.25, 0.3) is 5.91 Å². The highest BCUT2D eigenvalue weighted by Crippen LogP contribution is 2.16. The summed E-state index contributed by atoms with van der Waals surface area (Å²) in [5.74, 6) is -0.219. The van der Waals surface area contributed by atoms with Crippen LogP contribution in [0.1, 0.15) is 15.9 Å². The van der Waals surface area contributed by atoms with Gasteiger partial charge in [-0.3, -0.25) is 4.79 Å². The fourth-order valence-corrected chi connectivity index (χ4v) is 1.39. The third-order valence-electron chi connectivity index (χ3n) is 2.31. The lowest BCUT2D eigenvalue weighted by Gasteiger charge is -2.17. The van der Waals surface area contributed by atoms with Crippen LogP contribution in [0.5, 0.6) is 0 Å². The Morgan fingerprint density at radius 1 is 1.39 bits per heavy atom. The zero-order valence-electron chi connectivity index (χ0n) is 9.70. The summed E-state index contributed by atoms with van der Waals surface area (Å²) in [6.07, 6.45) is 5.06. The Kier molecular flexibility index (Phi) is 4.39. The highest BCUT2D eigenvalue weighted by atomic mass is 19.1. The van der Waals surface area contributed by atoms with Crippen LogP contribution in [0.25, 0.3) is 0 Å². The summed E-state index contributed by atoms with van der Waals surface area (Å²) in [6, 6.07) is 3.51. The van der Waals surface area contributed by atoms with Crippen LogP contribution in [0.3, 0.4) is 0 Å².